The molecule has 88 valence electrons. The molecular weight excluding hydrogens is 222 g/mol. The molecule has 1 aliphatic heterocycles. The summed E-state index contributed by atoms with van der Waals surface area (Å²) in [5, 5.41) is 4.15. The van der Waals surface area contributed by atoms with Crippen LogP contribution < -0.4 is 10.2 Å². The van der Waals surface area contributed by atoms with Crippen molar-refractivity contribution < 1.29 is 0 Å². The van der Waals surface area contributed by atoms with E-state index in [1.807, 2.05) is 18.3 Å². The number of hydrogen-bond donors (Lipinski definition) is 1. The summed E-state index contributed by atoms with van der Waals surface area (Å²) in [5.74, 6) is 0.935. The quantitative estimate of drug-likeness (QED) is 0.874. The van der Waals surface area contributed by atoms with Gasteiger partial charge in [-0.1, -0.05) is 18.5 Å². The van der Waals surface area contributed by atoms with Crippen molar-refractivity contribution >= 4 is 17.4 Å². The fourth-order valence-corrected chi connectivity index (χ4v) is 2.46. The second kappa shape index (κ2) is 5.51. The van der Waals surface area contributed by atoms with Gasteiger partial charge in [0.15, 0.2) is 0 Å². The van der Waals surface area contributed by atoms with Crippen molar-refractivity contribution in [2.24, 2.45) is 0 Å². The minimum atomic E-state index is 0.535. The molecule has 1 fully saturated rings. The lowest BCUT2D eigenvalue weighted by Crippen LogP contribution is -2.38. The van der Waals surface area contributed by atoms with E-state index >= 15 is 0 Å². The molecule has 1 N–H and O–H groups in total. The van der Waals surface area contributed by atoms with Gasteiger partial charge in [0.25, 0.3) is 0 Å². The monoisotopic (exact) mass is 239 g/mol. The Morgan fingerprint density at radius 3 is 3.25 bits per heavy atom. The van der Waals surface area contributed by atoms with Crippen LogP contribution in [-0.2, 0) is 0 Å². The SMILES string of the molecule is CCNCC1CCCN1c1ncccc1Cl. The molecule has 0 radical (unpaired) electrons. The summed E-state index contributed by atoms with van der Waals surface area (Å²) >= 11 is 6.18. The highest BCUT2D eigenvalue weighted by atomic mass is 35.5. The predicted molar refractivity (Wildman–Crippen MR) is 68.2 cm³/mol. The molecule has 1 atom stereocenters. The Labute approximate surface area is 102 Å². The first-order chi connectivity index (χ1) is 7.83. The maximum Gasteiger partial charge on any atom is 0.147 e. The summed E-state index contributed by atoms with van der Waals surface area (Å²) in [5.41, 5.74) is 0. The maximum absolute atomic E-state index is 6.18. The van der Waals surface area contributed by atoms with E-state index in [9.17, 15) is 0 Å². The molecule has 2 heterocycles. The van der Waals surface area contributed by atoms with Crippen molar-refractivity contribution in [3.8, 4) is 0 Å². The van der Waals surface area contributed by atoms with E-state index in [4.69, 9.17) is 11.6 Å². The van der Waals surface area contributed by atoms with E-state index in [1.54, 1.807) is 0 Å². The minimum absolute atomic E-state index is 0.535. The van der Waals surface area contributed by atoms with Gasteiger partial charge in [-0.2, -0.15) is 0 Å². The number of likely N-dealkylation sites (N-methyl/N-ethyl adjacent to an activating group) is 1. The smallest absolute Gasteiger partial charge is 0.147 e. The highest BCUT2D eigenvalue weighted by molar-refractivity contribution is 6.32. The van der Waals surface area contributed by atoms with Crippen LogP contribution in [0, 0.1) is 0 Å². The number of hydrogen-bond acceptors (Lipinski definition) is 3. The van der Waals surface area contributed by atoms with Crippen LogP contribution in [0.3, 0.4) is 0 Å². The van der Waals surface area contributed by atoms with Crippen LogP contribution in [-0.4, -0.2) is 30.7 Å². The fraction of sp³-hybridized carbons (Fsp3) is 0.583. The van der Waals surface area contributed by atoms with E-state index in [0.29, 0.717) is 6.04 Å². The zero-order chi connectivity index (χ0) is 11.4. The van der Waals surface area contributed by atoms with Crippen molar-refractivity contribution in [1.29, 1.82) is 0 Å². The number of rotatable bonds is 4. The number of nitrogens with zero attached hydrogens (tertiary/aromatic N) is 2. The normalized spacial score (nSPS) is 20.4. The van der Waals surface area contributed by atoms with Crippen LogP contribution in [0.5, 0.6) is 0 Å². The number of halogens is 1. The average Bonchev–Trinajstić information content (AvgIpc) is 2.75. The van der Waals surface area contributed by atoms with Gasteiger partial charge < -0.3 is 10.2 Å². The molecule has 1 aliphatic rings. The van der Waals surface area contributed by atoms with Crippen LogP contribution in [0.4, 0.5) is 5.82 Å². The van der Waals surface area contributed by atoms with E-state index in [2.05, 4.69) is 22.1 Å². The van der Waals surface area contributed by atoms with E-state index in [1.165, 1.54) is 12.8 Å². The summed E-state index contributed by atoms with van der Waals surface area (Å²) in [6.45, 7) is 5.23. The molecule has 1 aromatic rings. The molecule has 16 heavy (non-hydrogen) atoms. The highest BCUT2D eigenvalue weighted by Gasteiger charge is 2.26. The van der Waals surface area contributed by atoms with Gasteiger partial charge >= 0.3 is 0 Å². The van der Waals surface area contributed by atoms with Gasteiger partial charge in [-0.3, -0.25) is 0 Å². The number of anilines is 1. The molecule has 2 rings (SSSR count). The lowest BCUT2D eigenvalue weighted by Gasteiger charge is -2.26. The topological polar surface area (TPSA) is 28.2 Å². The second-order valence-electron chi connectivity index (χ2n) is 4.11. The van der Waals surface area contributed by atoms with E-state index in [0.717, 1.165) is 30.5 Å². The molecule has 0 bridgehead atoms. The first kappa shape index (κ1) is 11.7. The molecule has 3 nitrogen and oxygen atoms in total. The van der Waals surface area contributed by atoms with E-state index in [-0.39, 0.29) is 0 Å². The molecule has 4 heteroatoms. The van der Waals surface area contributed by atoms with Crippen LogP contribution in [0.1, 0.15) is 19.8 Å². The molecule has 0 amide bonds. The summed E-state index contributed by atoms with van der Waals surface area (Å²) in [4.78, 5) is 6.71. The standard InChI is InChI=1S/C12H18ClN3/c1-2-14-9-10-5-4-8-16(10)12-11(13)6-3-7-15-12/h3,6-7,10,14H,2,4-5,8-9H2,1H3. The largest absolute Gasteiger partial charge is 0.351 e. The summed E-state index contributed by atoms with van der Waals surface area (Å²) in [6.07, 6.45) is 4.26. The molecule has 0 aliphatic carbocycles. The summed E-state index contributed by atoms with van der Waals surface area (Å²) < 4.78 is 0. The zero-order valence-corrected chi connectivity index (χ0v) is 10.4. The molecule has 1 unspecified atom stereocenters. The maximum atomic E-state index is 6.18. The van der Waals surface area contributed by atoms with Gasteiger partial charge in [0.05, 0.1) is 5.02 Å². The van der Waals surface area contributed by atoms with Gasteiger partial charge in [0, 0.05) is 25.3 Å². The Hall–Kier alpha value is -0.800. The zero-order valence-electron chi connectivity index (χ0n) is 9.62. The van der Waals surface area contributed by atoms with Gasteiger partial charge in [-0.05, 0) is 31.5 Å². The Bertz CT molecular complexity index is 343. The summed E-state index contributed by atoms with van der Waals surface area (Å²) in [6, 6.07) is 4.32. The summed E-state index contributed by atoms with van der Waals surface area (Å²) in [7, 11) is 0. The van der Waals surface area contributed by atoms with Gasteiger partial charge in [0.1, 0.15) is 5.82 Å². The number of nitrogens with one attached hydrogen (secondary N) is 1. The molecule has 1 aromatic heterocycles. The third kappa shape index (κ3) is 2.47. The number of pyridine rings is 1. The minimum Gasteiger partial charge on any atom is -0.351 e. The molecule has 0 saturated carbocycles. The molecule has 0 spiro atoms. The van der Waals surface area contributed by atoms with Crippen molar-refractivity contribution in [3.63, 3.8) is 0 Å². The molecule has 0 aromatic carbocycles. The van der Waals surface area contributed by atoms with Crippen molar-refractivity contribution in [2.45, 2.75) is 25.8 Å². The van der Waals surface area contributed by atoms with Crippen LogP contribution in [0.2, 0.25) is 5.02 Å². The van der Waals surface area contributed by atoms with Crippen LogP contribution in [0.25, 0.3) is 0 Å². The third-order valence-corrected chi connectivity index (χ3v) is 3.31. The lowest BCUT2D eigenvalue weighted by atomic mass is 10.2. The Morgan fingerprint density at radius 1 is 1.62 bits per heavy atom. The van der Waals surface area contributed by atoms with Crippen molar-refractivity contribution in [2.75, 3.05) is 24.5 Å². The van der Waals surface area contributed by atoms with Crippen molar-refractivity contribution in [1.82, 2.24) is 10.3 Å². The fourth-order valence-electron chi connectivity index (χ4n) is 2.23. The lowest BCUT2D eigenvalue weighted by molar-refractivity contribution is 0.585. The van der Waals surface area contributed by atoms with Gasteiger partial charge in [0.2, 0.25) is 0 Å². The Kier molecular flexibility index (Phi) is 4.02. The highest BCUT2D eigenvalue weighted by Crippen LogP contribution is 2.29. The first-order valence-corrected chi connectivity index (χ1v) is 6.28. The van der Waals surface area contributed by atoms with Gasteiger partial charge in [-0.25, -0.2) is 4.98 Å². The van der Waals surface area contributed by atoms with E-state index < -0.39 is 0 Å². The average molecular weight is 240 g/mol. The number of aromatic nitrogens is 1. The third-order valence-electron chi connectivity index (χ3n) is 3.02. The molecular formula is C12H18ClN3. The Morgan fingerprint density at radius 2 is 2.50 bits per heavy atom. The predicted octanol–water partition coefficient (Wildman–Crippen LogP) is 2.31. The van der Waals surface area contributed by atoms with Crippen LogP contribution in [0.15, 0.2) is 18.3 Å². The first-order valence-electron chi connectivity index (χ1n) is 5.90. The molecule has 1 saturated heterocycles. The van der Waals surface area contributed by atoms with Crippen LogP contribution >= 0.6 is 11.6 Å². The second-order valence-corrected chi connectivity index (χ2v) is 4.51. The Balaban J connectivity index is 2.10. The van der Waals surface area contributed by atoms with Gasteiger partial charge in [-0.15, -0.1) is 0 Å². The van der Waals surface area contributed by atoms with Crippen molar-refractivity contribution in [3.05, 3.63) is 23.4 Å².